The highest BCUT2D eigenvalue weighted by Crippen LogP contribution is 2.25. The summed E-state index contributed by atoms with van der Waals surface area (Å²) in [7, 11) is 3.09. The van der Waals surface area contributed by atoms with Crippen LogP contribution in [0.4, 0.5) is 4.79 Å². The topological polar surface area (TPSA) is 88.2 Å². The molecular weight excluding hydrogens is 350 g/mol. The molecule has 0 aliphatic carbocycles. The number of likely N-dealkylation sites (N-methyl/N-ethyl adjacent to an activating group) is 1. The van der Waals surface area contributed by atoms with Crippen LogP contribution in [0.5, 0.6) is 0 Å². The Morgan fingerprint density at radius 3 is 2.33 bits per heavy atom. The molecule has 0 saturated carbocycles. The molecule has 0 aromatic heterocycles. The molecule has 1 aliphatic rings. The van der Waals surface area contributed by atoms with Crippen LogP contribution in [0.3, 0.4) is 0 Å². The second kappa shape index (κ2) is 9.50. The minimum absolute atomic E-state index is 0.223. The van der Waals surface area contributed by atoms with E-state index in [1.807, 2.05) is 13.8 Å². The second-order valence-corrected chi connectivity index (χ2v) is 8.65. The van der Waals surface area contributed by atoms with Crippen molar-refractivity contribution in [1.82, 2.24) is 15.1 Å². The summed E-state index contributed by atoms with van der Waals surface area (Å²) < 4.78 is 10.3. The number of nitrogens with zero attached hydrogens (tertiary/aromatic N) is 2. The normalized spacial score (nSPS) is 20.1. The average Bonchev–Trinajstić information content (AvgIpc) is 2.58. The lowest BCUT2D eigenvalue weighted by atomic mass is 9.81. The molecule has 1 fully saturated rings. The van der Waals surface area contributed by atoms with Crippen molar-refractivity contribution in [2.24, 2.45) is 5.41 Å². The van der Waals surface area contributed by atoms with Gasteiger partial charge in [0.05, 0.1) is 13.2 Å². The van der Waals surface area contributed by atoms with Gasteiger partial charge in [0, 0.05) is 19.6 Å². The number of piperazine rings is 1. The van der Waals surface area contributed by atoms with E-state index in [4.69, 9.17) is 9.47 Å². The predicted octanol–water partition coefficient (Wildman–Crippen LogP) is 1.28. The Labute approximate surface area is 162 Å². The lowest BCUT2D eigenvalue weighted by Crippen LogP contribution is -2.59. The minimum atomic E-state index is -0.701. The second-order valence-electron chi connectivity index (χ2n) is 8.65. The molecule has 1 amide bonds. The molecule has 27 heavy (non-hydrogen) atoms. The van der Waals surface area contributed by atoms with Crippen LogP contribution < -0.4 is 5.32 Å². The van der Waals surface area contributed by atoms with Crippen molar-refractivity contribution in [3.05, 3.63) is 0 Å². The van der Waals surface area contributed by atoms with Crippen LogP contribution >= 0.6 is 0 Å². The zero-order valence-corrected chi connectivity index (χ0v) is 17.7. The average molecular weight is 386 g/mol. The number of hydrogen-bond donors (Lipinski definition) is 1. The van der Waals surface area contributed by atoms with Crippen molar-refractivity contribution in [2.75, 3.05) is 40.3 Å². The molecule has 0 aromatic rings. The van der Waals surface area contributed by atoms with Crippen LogP contribution in [0.2, 0.25) is 0 Å². The number of ether oxygens (including phenoxy) is 2. The first-order chi connectivity index (χ1) is 12.4. The third-order valence-electron chi connectivity index (χ3n) is 4.93. The lowest BCUT2D eigenvalue weighted by Gasteiger charge is -2.41. The third kappa shape index (κ3) is 6.77. The van der Waals surface area contributed by atoms with Gasteiger partial charge in [-0.15, -0.1) is 0 Å². The Kier molecular flexibility index (Phi) is 8.23. The molecule has 2 atom stereocenters. The van der Waals surface area contributed by atoms with Gasteiger partial charge in [0.2, 0.25) is 0 Å². The van der Waals surface area contributed by atoms with Gasteiger partial charge in [-0.3, -0.25) is 9.80 Å². The molecule has 2 unspecified atom stereocenters. The van der Waals surface area contributed by atoms with Crippen LogP contribution in [-0.2, 0) is 19.1 Å². The highest BCUT2D eigenvalue weighted by Gasteiger charge is 2.39. The smallest absolute Gasteiger partial charge is 0.411 e. The van der Waals surface area contributed by atoms with Gasteiger partial charge < -0.3 is 19.6 Å². The van der Waals surface area contributed by atoms with E-state index < -0.39 is 23.7 Å². The maximum absolute atomic E-state index is 12.5. The van der Waals surface area contributed by atoms with Gasteiger partial charge in [-0.25, -0.2) is 9.59 Å². The van der Waals surface area contributed by atoms with Crippen LogP contribution in [-0.4, -0.2) is 86.2 Å². The summed E-state index contributed by atoms with van der Waals surface area (Å²) >= 11 is 0. The summed E-state index contributed by atoms with van der Waals surface area (Å²) in [6.07, 6.45) is 1.20. The number of nitrogens with one attached hydrogen (secondary N) is 1. The van der Waals surface area contributed by atoms with Crippen molar-refractivity contribution >= 4 is 18.3 Å². The molecular formula is C19H35N3O5. The largest absolute Gasteiger partial charge is 0.467 e. The first-order valence-corrected chi connectivity index (χ1v) is 9.37. The predicted molar refractivity (Wildman–Crippen MR) is 102 cm³/mol. The summed E-state index contributed by atoms with van der Waals surface area (Å²) in [6, 6.07) is -0.940. The number of esters is 1. The maximum atomic E-state index is 12.5. The van der Waals surface area contributed by atoms with Crippen LogP contribution in [0.1, 0.15) is 41.0 Å². The van der Waals surface area contributed by atoms with Crippen molar-refractivity contribution in [3.63, 3.8) is 0 Å². The first kappa shape index (κ1) is 23.4. The van der Waals surface area contributed by atoms with Crippen LogP contribution in [0.15, 0.2) is 0 Å². The van der Waals surface area contributed by atoms with Gasteiger partial charge in [-0.05, 0) is 46.2 Å². The molecule has 8 nitrogen and oxygen atoms in total. The molecule has 0 radical (unpaired) electrons. The van der Waals surface area contributed by atoms with Crippen molar-refractivity contribution in [3.8, 4) is 0 Å². The summed E-state index contributed by atoms with van der Waals surface area (Å²) in [5.41, 5.74) is -0.852. The fourth-order valence-electron chi connectivity index (χ4n) is 3.16. The number of amides is 1. The number of methoxy groups -OCH3 is 1. The van der Waals surface area contributed by atoms with E-state index >= 15 is 0 Å². The van der Waals surface area contributed by atoms with Crippen molar-refractivity contribution in [1.29, 1.82) is 0 Å². The van der Waals surface area contributed by atoms with Crippen molar-refractivity contribution < 1.29 is 23.9 Å². The number of hydrogen-bond acceptors (Lipinski definition) is 7. The van der Waals surface area contributed by atoms with E-state index in [1.165, 1.54) is 12.0 Å². The zero-order chi connectivity index (χ0) is 20.8. The molecule has 1 rings (SSSR count). The van der Waals surface area contributed by atoms with Gasteiger partial charge in [0.1, 0.15) is 17.9 Å². The monoisotopic (exact) mass is 385 g/mol. The van der Waals surface area contributed by atoms with E-state index in [0.29, 0.717) is 26.2 Å². The van der Waals surface area contributed by atoms with E-state index in [-0.39, 0.29) is 11.5 Å². The molecule has 1 saturated heterocycles. The first-order valence-electron chi connectivity index (χ1n) is 9.37. The minimum Gasteiger partial charge on any atom is -0.467 e. The lowest BCUT2D eigenvalue weighted by molar-refractivity contribution is -0.149. The Morgan fingerprint density at radius 1 is 1.22 bits per heavy atom. The summed E-state index contributed by atoms with van der Waals surface area (Å²) in [5, 5.41) is 3.03. The zero-order valence-electron chi connectivity index (χ0n) is 17.7. The van der Waals surface area contributed by atoms with Gasteiger partial charge in [0.15, 0.2) is 0 Å². The van der Waals surface area contributed by atoms with E-state index in [0.717, 1.165) is 12.7 Å². The van der Waals surface area contributed by atoms with Gasteiger partial charge in [-0.2, -0.15) is 0 Å². The number of carbonyl (C=O) groups is 3. The molecule has 156 valence electrons. The fraction of sp³-hybridized carbons (Fsp3) is 0.842. The highest BCUT2D eigenvalue weighted by atomic mass is 16.6. The molecule has 0 aromatic carbocycles. The SMILES string of the molecule is CNC(C=O)C(C)(C)CCN1CCN(C(=O)OC(C)(C)C)C(C(=O)OC)C1. The summed E-state index contributed by atoms with van der Waals surface area (Å²) in [4.78, 5) is 39.5. The van der Waals surface area contributed by atoms with Gasteiger partial charge in [0.25, 0.3) is 0 Å². The maximum Gasteiger partial charge on any atom is 0.411 e. The quantitative estimate of drug-likeness (QED) is 0.522. The Bertz CT molecular complexity index is 530. The molecule has 0 bridgehead atoms. The number of carbonyl (C=O) groups excluding carboxylic acids is 3. The van der Waals surface area contributed by atoms with Gasteiger partial charge >= 0.3 is 12.1 Å². The fourth-order valence-corrected chi connectivity index (χ4v) is 3.16. The molecule has 1 aliphatic heterocycles. The Morgan fingerprint density at radius 2 is 1.85 bits per heavy atom. The standard InChI is InChI=1S/C19H35N3O5/c1-18(2,3)27-17(25)22-11-10-21(12-14(22)16(24)26-7)9-8-19(4,5)15(13-23)20-6/h13-15,20H,8-12H2,1-7H3. The highest BCUT2D eigenvalue weighted by molar-refractivity contribution is 5.82. The van der Waals surface area contributed by atoms with Crippen LogP contribution in [0, 0.1) is 5.41 Å². The van der Waals surface area contributed by atoms with E-state index in [1.54, 1.807) is 27.8 Å². The number of aldehydes is 1. The molecule has 1 heterocycles. The molecule has 1 N–H and O–H groups in total. The van der Waals surface area contributed by atoms with Crippen molar-refractivity contribution in [2.45, 2.75) is 58.7 Å². The van der Waals surface area contributed by atoms with E-state index in [9.17, 15) is 14.4 Å². The molecule has 0 spiro atoms. The van der Waals surface area contributed by atoms with Gasteiger partial charge in [-0.1, -0.05) is 13.8 Å². The van der Waals surface area contributed by atoms with Crippen LogP contribution in [0.25, 0.3) is 0 Å². The molecule has 8 heteroatoms. The third-order valence-corrected chi connectivity index (χ3v) is 4.93. The Balaban J connectivity index is 2.78. The number of rotatable bonds is 7. The Hall–Kier alpha value is -1.67. The van der Waals surface area contributed by atoms with E-state index in [2.05, 4.69) is 10.2 Å². The summed E-state index contributed by atoms with van der Waals surface area (Å²) in [5.74, 6) is -0.453. The summed E-state index contributed by atoms with van der Waals surface area (Å²) in [6.45, 7) is 11.6.